The summed E-state index contributed by atoms with van der Waals surface area (Å²) in [5.41, 5.74) is 7.30. The Balaban J connectivity index is 2.73. The number of carbonyl (C=O) groups is 1. The van der Waals surface area contributed by atoms with Crippen molar-refractivity contribution in [1.29, 1.82) is 0 Å². The van der Waals surface area contributed by atoms with Crippen LogP contribution in [0.2, 0.25) is 0 Å². The molecule has 0 aliphatic rings. The molecule has 0 unspecified atom stereocenters. The molecular weight excluding hydrogens is 232 g/mol. The van der Waals surface area contributed by atoms with Crippen molar-refractivity contribution >= 4 is 23.4 Å². The van der Waals surface area contributed by atoms with Crippen LogP contribution in [0.5, 0.6) is 0 Å². The largest absolute Gasteiger partial charge is 0.398 e. The molecular formula is C13H20N2OS. The molecule has 0 fully saturated rings. The average molecular weight is 252 g/mol. The molecule has 0 saturated heterocycles. The number of anilines is 1. The maximum absolute atomic E-state index is 11.5. The first-order valence-electron chi connectivity index (χ1n) is 5.79. The van der Waals surface area contributed by atoms with Gasteiger partial charge >= 0.3 is 0 Å². The topological polar surface area (TPSA) is 55.1 Å². The van der Waals surface area contributed by atoms with Gasteiger partial charge in [0.25, 0.3) is 5.91 Å². The monoisotopic (exact) mass is 252 g/mol. The van der Waals surface area contributed by atoms with Gasteiger partial charge < -0.3 is 11.1 Å². The molecule has 0 bridgehead atoms. The van der Waals surface area contributed by atoms with E-state index < -0.39 is 0 Å². The van der Waals surface area contributed by atoms with Crippen molar-refractivity contribution in [1.82, 2.24) is 5.32 Å². The first-order valence-corrected chi connectivity index (χ1v) is 6.77. The lowest BCUT2D eigenvalue weighted by Crippen LogP contribution is -2.17. The van der Waals surface area contributed by atoms with Crippen LogP contribution in [-0.4, -0.2) is 18.7 Å². The zero-order valence-corrected chi connectivity index (χ0v) is 11.4. The summed E-state index contributed by atoms with van der Waals surface area (Å²) in [6, 6.07) is 5.40. The Bertz CT molecular complexity index is 391. The van der Waals surface area contributed by atoms with Crippen molar-refractivity contribution < 1.29 is 4.79 Å². The number of amides is 1. The van der Waals surface area contributed by atoms with Gasteiger partial charge in [-0.1, -0.05) is 13.8 Å². The molecule has 1 aromatic rings. The van der Waals surface area contributed by atoms with E-state index in [0.29, 0.717) is 11.5 Å². The van der Waals surface area contributed by atoms with E-state index in [1.807, 2.05) is 6.07 Å². The highest BCUT2D eigenvalue weighted by Crippen LogP contribution is 2.27. The Hall–Kier alpha value is -1.16. The molecule has 0 saturated carbocycles. The molecule has 17 heavy (non-hydrogen) atoms. The van der Waals surface area contributed by atoms with Gasteiger partial charge in [0.15, 0.2) is 0 Å². The summed E-state index contributed by atoms with van der Waals surface area (Å²) in [4.78, 5) is 12.5. The predicted molar refractivity (Wildman–Crippen MR) is 74.4 cm³/mol. The van der Waals surface area contributed by atoms with Crippen molar-refractivity contribution in [2.45, 2.75) is 25.2 Å². The minimum atomic E-state index is -0.0734. The summed E-state index contributed by atoms with van der Waals surface area (Å²) in [6.07, 6.45) is 1.15. The quantitative estimate of drug-likeness (QED) is 0.626. The van der Waals surface area contributed by atoms with Crippen molar-refractivity contribution in [2.24, 2.45) is 5.92 Å². The second-order valence-electron chi connectivity index (χ2n) is 4.36. The first-order chi connectivity index (χ1) is 8.04. The molecule has 1 aromatic carbocycles. The number of nitrogens with one attached hydrogen (secondary N) is 1. The number of thioether (sulfide) groups is 1. The van der Waals surface area contributed by atoms with Gasteiger partial charge in [0.2, 0.25) is 0 Å². The second-order valence-corrected chi connectivity index (χ2v) is 5.50. The number of carbonyl (C=O) groups excluding carboxylic acids is 1. The SMILES string of the molecule is CNC(=O)c1ccc(N)c(SCCC(C)C)c1. The number of nitrogen functional groups attached to an aromatic ring is 1. The maximum Gasteiger partial charge on any atom is 0.251 e. The van der Waals surface area contributed by atoms with Crippen LogP contribution in [0.4, 0.5) is 5.69 Å². The maximum atomic E-state index is 11.5. The third kappa shape index (κ3) is 4.30. The lowest BCUT2D eigenvalue weighted by atomic mass is 10.2. The molecule has 0 atom stereocenters. The summed E-state index contributed by atoms with van der Waals surface area (Å²) in [7, 11) is 1.63. The van der Waals surface area contributed by atoms with Crippen LogP contribution in [0.25, 0.3) is 0 Å². The molecule has 0 heterocycles. The number of nitrogens with two attached hydrogens (primary N) is 1. The van der Waals surface area contributed by atoms with E-state index in [9.17, 15) is 4.79 Å². The van der Waals surface area contributed by atoms with E-state index in [2.05, 4.69) is 19.2 Å². The van der Waals surface area contributed by atoms with Gasteiger partial charge in [-0.05, 0) is 36.3 Å². The predicted octanol–water partition coefficient (Wildman–Crippen LogP) is 2.77. The van der Waals surface area contributed by atoms with Crippen LogP contribution in [0.1, 0.15) is 30.6 Å². The number of benzene rings is 1. The zero-order chi connectivity index (χ0) is 12.8. The molecule has 0 aromatic heterocycles. The fourth-order valence-corrected chi connectivity index (χ4v) is 2.60. The zero-order valence-electron chi connectivity index (χ0n) is 10.6. The van der Waals surface area contributed by atoms with Gasteiger partial charge in [-0.2, -0.15) is 0 Å². The number of hydrogen-bond acceptors (Lipinski definition) is 3. The molecule has 3 nitrogen and oxygen atoms in total. The van der Waals surface area contributed by atoms with E-state index in [1.54, 1.807) is 30.9 Å². The van der Waals surface area contributed by atoms with E-state index in [0.717, 1.165) is 22.8 Å². The van der Waals surface area contributed by atoms with Crippen LogP contribution in [0.15, 0.2) is 23.1 Å². The summed E-state index contributed by atoms with van der Waals surface area (Å²) in [5.74, 6) is 1.64. The molecule has 4 heteroatoms. The average Bonchev–Trinajstić information content (AvgIpc) is 2.30. The van der Waals surface area contributed by atoms with Crippen LogP contribution in [0, 0.1) is 5.92 Å². The van der Waals surface area contributed by atoms with Crippen LogP contribution < -0.4 is 11.1 Å². The van der Waals surface area contributed by atoms with E-state index in [4.69, 9.17) is 5.73 Å². The fourth-order valence-electron chi connectivity index (χ4n) is 1.35. The minimum absolute atomic E-state index is 0.0734. The van der Waals surface area contributed by atoms with E-state index in [1.165, 1.54) is 0 Å². The fraction of sp³-hybridized carbons (Fsp3) is 0.462. The third-order valence-corrected chi connectivity index (χ3v) is 3.56. The first kappa shape index (κ1) is 13.9. The van der Waals surface area contributed by atoms with Crippen LogP contribution >= 0.6 is 11.8 Å². The van der Waals surface area contributed by atoms with E-state index >= 15 is 0 Å². The van der Waals surface area contributed by atoms with Gasteiger partial charge in [0.05, 0.1) is 0 Å². The molecule has 0 radical (unpaired) electrons. The Morgan fingerprint density at radius 2 is 2.18 bits per heavy atom. The molecule has 0 spiro atoms. The van der Waals surface area contributed by atoms with Gasteiger partial charge in [-0.3, -0.25) is 4.79 Å². The Morgan fingerprint density at radius 1 is 1.47 bits per heavy atom. The summed E-state index contributed by atoms with van der Waals surface area (Å²) in [6.45, 7) is 4.40. The standard InChI is InChI=1S/C13H20N2OS/c1-9(2)6-7-17-12-8-10(13(16)15-3)4-5-11(12)14/h4-5,8-9H,6-7,14H2,1-3H3,(H,15,16). The molecule has 0 aliphatic heterocycles. The van der Waals surface area contributed by atoms with Crippen molar-refractivity contribution in [3.05, 3.63) is 23.8 Å². The van der Waals surface area contributed by atoms with Crippen molar-refractivity contribution in [3.63, 3.8) is 0 Å². The smallest absolute Gasteiger partial charge is 0.251 e. The molecule has 1 amide bonds. The second kappa shape index (κ2) is 6.55. The minimum Gasteiger partial charge on any atom is -0.398 e. The van der Waals surface area contributed by atoms with Gasteiger partial charge in [-0.25, -0.2) is 0 Å². The Kier molecular flexibility index (Phi) is 5.35. The lowest BCUT2D eigenvalue weighted by Gasteiger charge is -2.09. The third-order valence-electron chi connectivity index (χ3n) is 2.46. The molecule has 0 aliphatic carbocycles. The lowest BCUT2D eigenvalue weighted by molar-refractivity contribution is 0.0963. The van der Waals surface area contributed by atoms with Crippen LogP contribution in [-0.2, 0) is 0 Å². The van der Waals surface area contributed by atoms with Gasteiger partial charge in [0.1, 0.15) is 0 Å². The highest BCUT2D eigenvalue weighted by atomic mass is 32.2. The molecule has 1 rings (SSSR count). The van der Waals surface area contributed by atoms with Gasteiger partial charge in [-0.15, -0.1) is 11.8 Å². The summed E-state index contributed by atoms with van der Waals surface area (Å²) in [5, 5.41) is 2.61. The normalized spacial score (nSPS) is 10.6. The van der Waals surface area contributed by atoms with Gasteiger partial charge in [0, 0.05) is 23.2 Å². The highest BCUT2D eigenvalue weighted by molar-refractivity contribution is 7.99. The molecule has 94 valence electrons. The Labute approximate surface area is 107 Å². The van der Waals surface area contributed by atoms with Crippen molar-refractivity contribution in [3.8, 4) is 0 Å². The number of rotatable bonds is 5. The number of hydrogen-bond donors (Lipinski definition) is 2. The highest BCUT2D eigenvalue weighted by Gasteiger charge is 2.07. The van der Waals surface area contributed by atoms with Crippen LogP contribution in [0.3, 0.4) is 0 Å². The summed E-state index contributed by atoms with van der Waals surface area (Å²) < 4.78 is 0. The Morgan fingerprint density at radius 3 is 2.76 bits per heavy atom. The van der Waals surface area contributed by atoms with E-state index in [-0.39, 0.29) is 5.91 Å². The van der Waals surface area contributed by atoms with Crippen molar-refractivity contribution in [2.75, 3.05) is 18.5 Å². The summed E-state index contributed by atoms with van der Waals surface area (Å²) >= 11 is 1.71. The molecule has 3 N–H and O–H groups in total.